The van der Waals surface area contributed by atoms with Gasteiger partial charge in [0.1, 0.15) is 0 Å². The summed E-state index contributed by atoms with van der Waals surface area (Å²) in [6.07, 6.45) is 5.04. The van der Waals surface area contributed by atoms with Gasteiger partial charge in [-0.2, -0.15) is 0 Å². The van der Waals surface area contributed by atoms with Crippen molar-refractivity contribution in [1.82, 2.24) is 4.90 Å². The molecular weight excluding hydrogens is 238 g/mol. The van der Waals surface area contributed by atoms with Crippen LogP contribution in [0.3, 0.4) is 0 Å². The van der Waals surface area contributed by atoms with Gasteiger partial charge in [-0.15, -0.1) is 0 Å². The Balaban J connectivity index is 2.22. The molecule has 0 aromatic rings. The Morgan fingerprint density at radius 1 is 1.26 bits per heavy atom. The van der Waals surface area contributed by atoms with Gasteiger partial charge in [0.15, 0.2) is 0 Å². The maximum Gasteiger partial charge on any atom is 0.224 e. The predicted molar refractivity (Wildman–Crippen MR) is 79.1 cm³/mol. The molecule has 0 atom stereocenters. The second kappa shape index (κ2) is 7.88. The highest BCUT2D eigenvalue weighted by Crippen LogP contribution is 2.38. The van der Waals surface area contributed by atoms with E-state index in [0.29, 0.717) is 24.4 Å². The summed E-state index contributed by atoms with van der Waals surface area (Å²) in [5.74, 6) is 0.962. The van der Waals surface area contributed by atoms with Gasteiger partial charge in [0.05, 0.1) is 13.0 Å². The summed E-state index contributed by atoms with van der Waals surface area (Å²) in [5.41, 5.74) is 0.411. The van der Waals surface area contributed by atoms with Crippen LogP contribution in [-0.4, -0.2) is 37.1 Å². The van der Waals surface area contributed by atoms with Crippen LogP contribution < -0.4 is 0 Å². The number of hydrogen-bond acceptors (Lipinski definition) is 2. The van der Waals surface area contributed by atoms with Gasteiger partial charge >= 0.3 is 0 Å². The van der Waals surface area contributed by atoms with Crippen LogP contribution in [0.4, 0.5) is 0 Å². The van der Waals surface area contributed by atoms with E-state index in [1.807, 2.05) is 4.90 Å². The number of nitrogens with zero attached hydrogens (tertiary/aromatic N) is 1. The van der Waals surface area contributed by atoms with Crippen molar-refractivity contribution >= 4 is 5.91 Å². The monoisotopic (exact) mass is 269 g/mol. The molecule has 1 heterocycles. The Labute approximate surface area is 118 Å². The number of unbranched alkanes of at least 4 members (excludes halogenated alkanes) is 1. The van der Waals surface area contributed by atoms with E-state index in [1.165, 1.54) is 0 Å². The Kier molecular flexibility index (Phi) is 6.84. The van der Waals surface area contributed by atoms with Crippen molar-refractivity contribution in [3.8, 4) is 0 Å². The predicted octanol–water partition coefficient (Wildman–Crippen LogP) is 3.48. The van der Waals surface area contributed by atoms with Gasteiger partial charge in [-0.05, 0) is 30.6 Å². The summed E-state index contributed by atoms with van der Waals surface area (Å²) in [4.78, 5) is 14.1. The lowest BCUT2D eigenvalue weighted by Gasteiger charge is -2.42. The highest BCUT2D eigenvalue weighted by molar-refractivity contribution is 5.76. The van der Waals surface area contributed by atoms with E-state index in [1.54, 1.807) is 0 Å². The molecule has 19 heavy (non-hydrogen) atoms. The molecule has 0 aliphatic carbocycles. The number of hydrogen-bond donors (Lipinski definition) is 0. The fourth-order valence-corrected chi connectivity index (χ4v) is 2.51. The molecule has 0 radical (unpaired) electrons. The van der Waals surface area contributed by atoms with E-state index in [0.717, 1.165) is 45.4 Å². The molecule has 1 aliphatic heterocycles. The Hall–Kier alpha value is -0.570. The van der Waals surface area contributed by atoms with Gasteiger partial charge in [-0.3, -0.25) is 4.79 Å². The van der Waals surface area contributed by atoms with Crippen molar-refractivity contribution in [3.05, 3.63) is 0 Å². The quantitative estimate of drug-likeness (QED) is 0.662. The summed E-state index contributed by atoms with van der Waals surface area (Å²) >= 11 is 0. The lowest BCUT2D eigenvalue weighted by Crippen LogP contribution is -2.44. The number of ether oxygens (including phenoxy) is 1. The molecule has 112 valence electrons. The van der Waals surface area contributed by atoms with Crippen LogP contribution in [0.2, 0.25) is 0 Å². The first-order chi connectivity index (χ1) is 8.99. The van der Waals surface area contributed by atoms with E-state index in [9.17, 15) is 4.79 Å². The molecule has 0 saturated carbocycles. The van der Waals surface area contributed by atoms with Crippen LogP contribution in [0.1, 0.15) is 59.8 Å². The second-order valence-corrected chi connectivity index (χ2v) is 6.41. The normalized spacial score (nSPS) is 18.9. The zero-order valence-corrected chi connectivity index (χ0v) is 13.2. The molecule has 1 aliphatic rings. The van der Waals surface area contributed by atoms with Crippen LogP contribution in [0, 0.1) is 11.3 Å². The van der Waals surface area contributed by atoms with Crippen LogP contribution >= 0.6 is 0 Å². The fraction of sp³-hybridized carbons (Fsp3) is 0.938. The van der Waals surface area contributed by atoms with Gasteiger partial charge < -0.3 is 9.64 Å². The lowest BCUT2D eigenvalue weighted by molar-refractivity contribution is -0.135. The minimum absolute atomic E-state index is 0.266. The van der Waals surface area contributed by atoms with Crippen LogP contribution in [0.25, 0.3) is 0 Å². The van der Waals surface area contributed by atoms with E-state index in [-0.39, 0.29) is 5.91 Å². The first-order valence-electron chi connectivity index (χ1n) is 7.85. The van der Waals surface area contributed by atoms with Crippen molar-refractivity contribution in [3.63, 3.8) is 0 Å². The number of likely N-dealkylation sites (tertiary alicyclic amines) is 1. The minimum atomic E-state index is 0.266. The average molecular weight is 269 g/mol. The summed E-state index contributed by atoms with van der Waals surface area (Å²) in [6.45, 7) is 12.3. The van der Waals surface area contributed by atoms with E-state index >= 15 is 0 Å². The molecule has 0 aromatic carbocycles. The van der Waals surface area contributed by atoms with Crippen LogP contribution in [-0.2, 0) is 9.53 Å². The number of piperidine rings is 1. The molecule has 3 heteroatoms. The third-order valence-electron chi connectivity index (χ3n) is 4.75. The first-order valence-corrected chi connectivity index (χ1v) is 7.85. The minimum Gasteiger partial charge on any atom is -0.381 e. The topological polar surface area (TPSA) is 29.5 Å². The average Bonchev–Trinajstić information content (AvgIpc) is 2.39. The zero-order valence-electron chi connectivity index (χ0n) is 13.2. The number of carbonyl (C=O) groups excluding carboxylic acids is 1. The number of carbonyl (C=O) groups is 1. The van der Waals surface area contributed by atoms with Crippen molar-refractivity contribution in [2.75, 3.05) is 26.3 Å². The molecule has 0 spiro atoms. The lowest BCUT2D eigenvalue weighted by atomic mass is 9.72. The molecule has 0 N–H and O–H groups in total. The third-order valence-corrected chi connectivity index (χ3v) is 4.75. The molecule has 1 saturated heterocycles. The highest BCUT2D eigenvalue weighted by Gasteiger charge is 2.33. The maximum atomic E-state index is 12.1. The smallest absolute Gasteiger partial charge is 0.224 e. The number of rotatable bonds is 7. The third kappa shape index (κ3) is 5.13. The SMILES string of the molecule is CCCCOCCC(=O)N1CCC(C)(C(C)C)CC1. The molecule has 1 amide bonds. The molecule has 1 rings (SSSR count). The van der Waals surface area contributed by atoms with Crippen LogP contribution in [0.5, 0.6) is 0 Å². The molecule has 3 nitrogen and oxygen atoms in total. The summed E-state index contributed by atoms with van der Waals surface area (Å²) in [5, 5.41) is 0. The van der Waals surface area contributed by atoms with Crippen molar-refractivity contribution in [2.24, 2.45) is 11.3 Å². The van der Waals surface area contributed by atoms with E-state index < -0.39 is 0 Å². The Morgan fingerprint density at radius 2 is 1.89 bits per heavy atom. The zero-order chi connectivity index (χ0) is 14.3. The maximum absolute atomic E-state index is 12.1. The summed E-state index contributed by atoms with van der Waals surface area (Å²) in [7, 11) is 0. The van der Waals surface area contributed by atoms with Crippen molar-refractivity contribution < 1.29 is 9.53 Å². The largest absolute Gasteiger partial charge is 0.381 e. The van der Waals surface area contributed by atoms with E-state index in [4.69, 9.17) is 4.74 Å². The summed E-state index contributed by atoms with van der Waals surface area (Å²) in [6, 6.07) is 0. The van der Waals surface area contributed by atoms with Crippen molar-refractivity contribution in [2.45, 2.75) is 59.8 Å². The molecule has 0 aromatic heterocycles. The molecular formula is C16H31NO2. The fourth-order valence-electron chi connectivity index (χ4n) is 2.51. The van der Waals surface area contributed by atoms with Crippen LogP contribution in [0.15, 0.2) is 0 Å². The number of amides is 1. The molecule has 1 fully saturated rings. The Bertz CT molecular complexity index is 268. The van der Waals surface area contributed by atoms with Gasteiger partial charge in [0.25, 0.3) is 0 Å². The van der Waals surface area contributed by atoms with Crippen molar-refractivity contribution in [1.29, 1.82) is 0 Å². The van der Waals surface area contributed by atoms with Gasteiger partial charge in [0.2, 0.25) is 5.91 Å². The van der Waals surface area contributed by atoms with Gasteiger partial charge in [0, 0.05) is 19.7 Å². The van der Waals surface area contributed by atoms with E-state index in [2.05, 4.69) is 27.7 Å². The first kappa shape index (κ1) is 16.5. The molecule has 0 unspecified atom stereocenters. The summed E-state index contributed by atoms with van der Waals surface area (Å²) < 4.78 is 5.47. The standard InChI is InChI=1S/C16H31NO2/c1-5-6-12-19-13-7-15(18)17-10-8-16(4,9-11-17)14(2)3/h14H,5-13H2,1-4H3. The van der Waals surface area contributed by atoms with Gasteiger partial charge in [-0.25, -0.2) is 0 Å². The van der Waals surface area contributed by atoms with Gasteiger partial charge in [-0.1, -0.05) is 34.1 Å². The molecule has 0 bridgehead atoms. The Morgan fingerprint density at radius 3 is 2.42 bits per heavy atom. The second-order valence-electron chi connectivity index (χ2n) is 6.41. The highest BCUT2D eigenvalue weighted by atomic mass is 16.5.